The van der Waals surface area contributed by atoms with Crippen LogP contribution in [0.1, 0.15) is 20.3 Å². The highest BCUT2D eigenvalue weighted by molar-refractivity contribution is 6.01. The lowest BCUT2D eigenvalue weighted by atomic mass is 9.96. The number of likely N-dealkylation sites (tertiary alicyclic amines) is 1. The maximum Gasteiger partial charge on any atom is 0.410 e. The molecule has 0 aromatic carbocycles. The van der Waals surface area contributed by atoms with Gasteiger partial charge in [0.25, 0.3) is 0 Å². The van der Waals surface area contributed by atoms with Crippen LogP contribution in [0.2, 0.25) is 0 Å². The van der Waals surface area contributed by atoms with E-state index < -0.39 is 18.0 Å². The van der Waals surface area contributed by atoms with Gasteiger partial charge in [-0.15, -0.1) is 0 Å². The molecule has 1 heterocycles. The Morgan fingerprint density at radius 1 is 1.29 bits per heavy atom. The van der Waals surface area contributed by atoms with Gasteiger partial charge in [0.15, 0.2) is 5.78 Å². The minimum absolute atomic E-state index is 0.0810. The number of hydrogen-bond acceptors (Lipinski definition) is 5. The molecule has 6 nitrogen and oxygen atoms in total. The van der Waals surface area contributed by atoms with E-state index in [0.717, 1.165) is 0 Å². The maximum atomic E-state index is 11.7. The highest BCUT2D eigenvalue weighted by Crippen LogP contribution is 2.16. The van der Waals surface area contributed by atoms with Gasteiger partial charge in [-0.1, -0.05) is 0 Å². The fourth-order valence-electron chi connectivity index (χ4n) is 1.69. The van der Waals surface area contributed by atoms with Crippen molar-refractivity contribution >= 4 is 17.8 Å². The Bertz CT molecular complexity index is 315. The summed E-state index contributed by atoms with van der Waals surface area (Å²) in [6, 6.07) is 0. The van der Waals surface area contributed by atoms with E-state index in [4.69, 9.17) is 9.47 Å². The van der Waals surface area contributed by atoms with E-state index in [1.54, 1.807) is 13.8 Å². The molecule has 6 heteroatoms. The van der Waals surface area contributed by atoms with Gasteiger partial charge in [-0.3, -0.25) is 9.59 Å². The van der Waals surface area contributed by atoms with E-state index >= 15 is 0 Å². The molecule has 1 atom stereocenters. The van der Waals surface area contributed by atoms with Crippen LogP contribution < -0.4 is 0 Å². The highest BCUT2D eigenvalue weighted by atomic mass is 16.6. The van der Waals surface area contributed by atoms with Crippen LogP contribution in [0.15, 0.2) is 0 Å². The minimum atomic E-state index is -0.736. The van der Waals surface area contributed by atoms with E-state index in [1.807, 2.05) is 0 Å². The highest BCUT2D eigenvalue weighted by Gasteiger charge is 2.35. The molecular formula is C11H17NO5. The summed E-state index contributed by atoms with van der Waals surface area (Å²) in [5.74, 6) is -1.52. The molecule has 1 aliphatic rings. The Morgan fingerprint density at radius 2 is 1.94 bits per heavy atom. The summed E-state index contributed by atoms with van der Waals surface area (Å²) < 4.78 is 9.59. The molecule has 0 radical (unpaired) electrons. The van der Waals surface area contributed by atoms with Crippen molar-refractivity contribution in [3.05, 3.63) is 0 Å². The summed E-state index contributed by atoms with van der Waals surface area (Å²) in [5.41, 5.74) is 0. The van der Waals surface area contributed by atoms with Crippen molar-refractivity contribution < 1.29 is 23.9 Å². The first kappa shape index (κ1) is 13.5. The standard InChI is InChI=1S/C11H17NO5/c1-3-16-10(14)8-5-6-12(7-9(8)13)11(15)17-4-2/h8H,3-7H2,1-2H3/t8-/m1/s1. The Balaban J connectivity index is 2.52. The van der Waals surface area contributed by atoms with Gasteiger partial charge in [-0.05, 0) is 20.3 Å². The van der Waals surface area contributed by atoms with Crippen molar-refractivity contribution in [3.8, 4) is 0 Å². The van der Waals surface area contributed by atoms with E-state index in [9.17, 15) is 14.4 Å². The minimum Gasteiger partial charge on any atom is -0.465 e. The zero-order valence-corrected chi connectivity index (χ0v) is 10.1. The van der Waals surface area contributed by atoms with Gasteiger partial charge >= 0.3 is 12.1 Å². The number of hydrogen-bond donors (Lipinski definition) is 0. The average Bonchev–Trinajstić information content (AvgIpc) is 2.29. The average molecular weight is 243 g/mol. The first-order valence-corrected chi connectivity index (χ1v) is 5.71. The van der Waals surface area contributed by atoms with Gasteiger partial charge in [0.1, 0.15) is 5.92 Å². The van der Waals surface area contributed by atoms with Crippen molar-refractivity contribution in [2.45, 2.75) is 20.3 Å². The van der Waals surface area contributed by atoms with Crippen LogP contribution in [-0.2, 0) is 19.1 Å². The summed E-state index contributed by atoms with van der Waals surface area (Å²) in [5, 5.41) is 0. The van der Waals surface area contributed by atoms with Gasteiger partial charge in [0.2, 0.25) is 0 Å². The lowest BCUT2D eigenvalue weighted by molar-refractivity contribution is -0.153. The Morgan fingerprint density at radius 3 is 2.47 bits per heavy atom. The van der Waals surface area contributed by atoms with Crippen molar-refractivity contribution in [2.24, 2.45) is 5.92 Å². The smallest absolute Gasteiger partial charge is 0.410 e. The van der Waals surface area contributed by atoms with Crippen LogP contribution >= 0.6 is 0 Å². The topological polar surface area (TPSA) is 72.9 Å². The normalized spacial score (nSPS) is 20.0. The number of Topliss-reactive ketones (excluding diaryl/α,β-unsaturated/α-hetero) is 1. The van der Waals surface area contributed by atoms with Crippen molar-refractivity contribution in [3.63, 3.8) is 0 Å². The van der Waals surface area contributed by atoms with Crippen LogP contribution in [-0.4, -0.2) is 49.0 Å². The molecule has 0 aromatic heterocycles. The SMILES string of the molecule is CCOC(=O)[C@@H]1CCN(C(=O)OCC)CC1=O. The zero-order valence-electron chi connectivity index (χ0n) is 10.1. The third kappa shape index (κ3) is 3.44. The number of piperidine rings is 1. The lowest BCUT2D eigenvalue weighted by Crippen LogP contribution is -2.46. The molecule has 0 unspecified atom stereocenters. The maximum absolute atomic E-state index is 11.7. The molecule has 0 saturated carbocycles. The predicted molar refractivity (Wildman–Crippen MR) is 58.3 cm³/mol. The molecule has 1 aliphatic heterocycles. The number of ether oxygens (including phenoxy) is 2. The molecule has 0 spiro atoms. The van der Waals surface area contributed by atoms with Crippen molar-refractivity contribution in [1.82, 2.24) is 4.90 Å². The Hall–Kier alpha value is -1.59. The third-order valence-corrected chi connectivity index (χ3v) is 2.52. The molecule has 96 valence electrons. The van der Waals surface area contributed by atoms with Crippen LogP contribution in [0.3, 0.4) is 0 Å². The van der Waals surface area contributed by atoms with E-state index in [-0.39, 0.29) is 25.5 Å². The number of nitrogens with zero attached hydrogens (tertiary/aromatic N) is 1. The molecule has 0 aromatic rings. The molecule has 1 amide bonds. The fourth-order valence-corrected chi connectivity index (χ4v) is 1.69. The summed E-state index contributed by atoms with van der Waals surface area (Å²) in [7, 11) is 0. The molecule has 0 N–H and O–H groups in total. The van der Waals surface area contributed by atoms with Gasteiger partial charge in [-0.2, -0.15) is 0 Å². The monoisotopic (exact) mass is 243 g/mol. The van der Waals surface area contributed by atoms with Crippen LogP contribution in [0.4, 0.5) is 4.79 Å². The second-order valence-corrected chi connectivity index (χ2v) is 3.68. The molecule has 1 saturated heterocycles. The van der Waals surface area contributed by atoms with Crippen LogP contribution in [0.25, 0.3) is 0 Å². The van der Waals surface area contributed by atoms with Crippen molar-refractivity contribution in [1.29, 1.82) is 0 Å². The first-order chi connectivity index (χ1) is 8.10. The number of esters is 1. The van der Waals surface area contributed by atoms with Gasteiger partial charge in [0.05, 0.1) is 19.8 Å². The van der Waals surface area contributed by atoms with Gasteiger partial charge in [-0.25, -0.2) is 4.79 Å². The van der Waals surface area contributed by atoms with Gasteiger partial charge < -0.3 is 14.4 Å². The second-order valence-electron chi connectivity index (χ2n) is 3.68. The molecule has 1 rings (SSSR count). The van der Waals surface area contributed by atoms with Crippen LogP contribution in [0.5, 0.6) is 0 Å². The Labute approximate surface area is 99.9 Å². The fraction of sp³-hybridized carbons (Fsp3) is 0.727. The van der Waals surface area contributed by atoms with Gasteiger partial charge in [0, 0.05) is 6.54 Å². The molecule has 0 bridgehead atoms. The first-order valence-electron chi connectivity index (χ1n) is 5.71. The molecular weight excluding hydrogens is 226 g/mol. The van der Waals surface area contributed by atoms with Crippen LogP contribution in [0, 0.1) is 5.92 Å². The summed E-state index contributed by atoms with van der Waals surface area (Å²) in [6.45, 7) is 4.17. The second kappa shape index (κ2) is 6.22. The summed E-state index contributed by atoms with van der Waals surface area (Å²) in [4.78, 5) is 35.8. The zero-order chi connectivity index (χ0) is 12.8. The third-order valence-electron chi connectivity index (χ3n) is 2.52. The quantitative estimate of drug-likeness (QED) is 0.536. The van der Waals surface area contributed by atoms with E-state index in [0.29, 0.717) is 13.0 Å². The number of carbonyl (C=O) groups excluding carboxylic acids is 3. The summed E-state index contributed by atoms with van der Waals surface area (Å²) in [6.07, 6.45) is -0.209. The molecule has 17 heavy (non-hydrogen) atoms. The summed E-state index contributed by atoms with van der Waals surface area (Å²) >= 11 is 0. The largest absolute Gasteiger partial charge is 0.465 e. The predicted octanol–water partition coefficient (Wildman–Crippen LogP) is 0.597. The number of amides is 1. The molecule has 0 aliphatic carbocycles. The number of rotatable bonds is 3. The van der Waals surface area contributed by atoms with E-state index in [1.165, 1.54) is 4.90 Å². The molecule has 1 fully saturated rings. The van der Waals surface area contributed by atoms with E-state index in [2.05, 4.69) is 0 Å². The Kier molecular flexibility index (Phi) is 4.93. The number of ketones is 1. The number of carbonyl (C=O) groups is 3. The van der Waals surface area contributed by atoms with Crippen molar-refractivity contribution in [2.75, 3.05) is 26.3 Å². The lowest BCUT2D eigenvalue weighted by Gasteiger charge is -2.28.